The highest BCUT2D eigenvalue weighted by molar-refractivity contribution is 7.92. The molecular weight excluding hydrogens is 498 g/mol. The average molecular weight is 520 g/mol. The van der Waals surface area contributed by atoms with E-state index in [4.69, 9.17) is 11.6 Å². The minimum Gasteiger partial charge on any atom is -0.322 e. The van der Waals surface area contributed by atoms with Gasteiger partial charge in [0.15, 0.2) is 0 Å². The van der Waals surface area contributed by atoms with Crippen molar-refractivity contribution in [2.45, 2.75) is 22.6 Å². The number of anilines is 2. The van der Waals surface area contributed by atoms with Gasteiger partial charge in [0.25, 0.3) is 15.9 Å². The van der Waals surface area contributed by atoms with Crippen molar-refractivity contribution in [3.63, 3.8) is 0 Å². The van der Waals surface area contributed by atoms with E-state index >= 15 is 0 Å². The fourth-order valence-electron chi connectivity index (χ4n) is 3.56. The molecule has 4 rings (SSSR count). The molecule has 34 heavy (non-hydrogen) atoms. The minimum atomic E-state index is -3.84. The van der Waals surface area contributed by atoms with E-state index in [0.717, 1.165) is 12.8 Å². The topological polar surface area (TPSA) is 113 Å². The van der Waals surface area contributed by atoms with Crippen molar-refractivity contribution in [2.24, 2.45) is 0 Å². The summed E-state index contributed by atoms with van der Waals surface area (Å²) in [6.45, 7) is 1.01. The molecule has 0 aromatic heterocycles. The Hall–Kier alpha value is -2.92. The fourth-order valence-corrected chi connectivity index (χ4v) is 6.35. The Morgan fingerprint density at radius 2 is 1.41 bits per heavy atom. The third-order valence-corrected chi connectivity index (χ3v) is 8.97. The number of hydrogen-bond donors (Lipinski definition) is 2. The normalized spacial score (nSPS) is 14.6. The van der Waals surface area contributed by atoms with Crippen LogP contribution >= 0.6 is 11.6 Å². The van der Waals surface area contributed by atoms with Crippen LogP contribution in [0.3, 0.4) is 0 Å². The molecule has 0 bridgehead atoms. The standard InChI is InChI=1S/C23H22ClN3O5S2/c24-22-13-10-18(26-33(29,30)19-6-2-1-3-7-19)16-21(22)23(28)25-17-8-11-20(12-9-17)34(31,32)27-14-4-5-15-27/h1-3,6-13,16,26H,4-5,14-15H2,(H,25,28). The third-order valence-electron chi connectivity index (χ3n) is 5.33. The van der Waals surface area contributed by atoms with Crippen LogP contribution in [-0.4, -0.2) is 40.1 Å². The van der Waals surface area contributed by atoms with Crippen molar-refractivity contribution >= 4 is 48.9 Å². The molecule has 2 N–H and O–H groups in total. The summed E-state index contributed by atoms with van der Waals surface area (Å²) in [4.78, 5) is 13.1. The van der Waals surface area contributed by atoms with Crippen LogP contribution in [-0.2, 0) is 20.0 Å². The predicted octanol–water partition coefficient (Wildman–Crippen LogP) is 4.18. The summed E-state index contributed by atoms with van der Waals surface area (Å²) in [5, 5.41) is 2.79. The summed E-state index contributed by atoms with van der Waals surface area (Å²) < 4.78 is 54.3. The zero-order valence-corrected chi connectivity index (χ0v) is 20.3. The van der Waals surface area contributed by atoms with Crippen molar-refractivity contribution in [1.29, 1.82) is 0 Å². The molecule has 8 nitrogen and oxygen atoms in total. The van der Waals surface area contributed by atoms with Crippen LogP contribution in [0.25, 0.3) is 0 Å². The maximum absolute atomic E-state index is 12.8. The molecule has 1 aliphatic heterocycles. The van der Waals surface area contributed by atoms with E-state index < -0.39 is 26.0 Å². The lowest BCUT2D eigenvalue weighted by Crippen LogP contribution is -2.27. The molecular formula is C23H22ClN3O5S2. The monoisotopic (exact) mass is 519 g/mol. The second kappa shape index (κ2) is 9.75. The number of nitrogens with one attached hydrogen (secondary N) is 2. The Labute approximate surface area is 203 Å². The molecule has 0 radical (unpaired) electrons. The molecule has 11 heteroatoms. The molecule has 1 heterocycles. The first kappa shape index (κ1) is 24.2. The minimum absolute atomic E-state index is 0.0590. The number of carbonyl (C=O) groups excluding carboxylic acids is 1. The van der Waals surface area contributed by atoms with Crippen molar-refractivity contribution in [3.05, 3.63) is 83.4 Å². The van der Waals surface area contributed by atoms with Gasteiger partial charge in [-0.15, -0.1) is 0 Å². The molecule has 178 valence electrons. The van der Waals surface area contributed by atoms with E-state index in [1.807, 2.05) is 0 Å². The van der Waals surface area contributed by atoms with Gasteiger partial charge in [-0.05, 0) is 67.4 Å². The summed E-state index contributed by atoms with van der Waals surface area (Å²) in [6.07, 6.45) is 1.68. The van der Waals surface area contributed by atoms with Crippen LogP contribution < -0.4 is 10.0 Å². The van der Waals surface area contributed by atoms with Gasteiger partial charge in [-0.2, -0.15) is 4.31 Å². The van der Waals surface area contributed by atoms with Gasteiger partial charge in [-0.25, -0.2) is 16.8 Å². The third kappa shape index (κ3) is 5.25. The number of carbonyl (C=O) groups is 1. The number of rotatable bonds is 7. The molecule has 0 aliphatic carbocycles. The SMILES string of the molecule is O=C(Nc1ccc(S(=O)(=O)N2CCCC2)cc1)c1cc(NS(=O)(=O)c2ccccc2)ccc1Cl. The summed E-state index contributed by atoms with van der Waals surface area (Å²) in [6, 6.07) is 17.9. The molecule has 1 amide bonds. The summed E-state index contributed by atoms with van der Waals surface area (Å²) in [5.74, 6) is -0.569. The number of amides is 1. The van der Waals surface area contributed by atoms with Crippen molar-refractivity contribution in [3.8, 4) is 0 Å². The Bertz CT molecular complexity index is 1400. The van der Waals surface area contributed by atoms with Gasteiger partial charge in [0, 0.05) is 24.5 Å². The molecule has 1 fully saturated rings. The van der Waals surface area contributed by atoms with E-state index in [2.05, 4.69) is 10.0 Å². The molecule has 1 aliphatic rings. The van der Waals surface area contributed by atoms with Gasteiger partial charge < -0.3 is 5.32 Å². The van der Waals surface area contributed by atoms with E-state index in [-0.39, 0.29) is 26.1 Å². The van der Waals surface area contributed by atoms with Gasteiger partial charge >= 0.3 is 0 Å². The second-order valence-corrected chi connectivity index (χ2v) is 11.7. The smallest absolute Gasteiger partial charge is 0.261 e. The average Bonchev–Trinajstić information content (AvgIpc) is 3.37. The lowest BCUT2D eigenvalue weighted by molar-refractivity contribution is 0.102. The maximum Gasteiger partial charge on any atom is 0.261 e. The highest BCUT2D eigenvalue weighted by Gasteiger charge is 2.27. The lowest BCUT2D eigenvalue weighted by atomic mass is 10.2. The number of halogens is 1. The van der Waals surface area contributed by atoms with Gasteiger partial charge in [0.2, 0.25) is 10.0 Å². The van der Waals surface area contributed by atoms with E-state index in [9.17, 15) is 21.6 Å². The summed E-state index contributed by atoms with van der Waals surface area (Å²) in [7, 11) is -7.39. The zero-order valence-electron chi connectivity index (χ0n) is 17.9. The Morgan fingerprint density at radius 1 is 0.794 bits per heavy atom. The molecule has 3 aromatic carbocycles. The lowest BCUT2D eigenvalue weighted by Gasteiger charge is -2.16. The van der Waals surface area contributed by atoms with Crippen LogP contribution in [0, 0.1) is 0 Å². The van der Waals surface area contributed by atoms with Crippen molar-refractivity contribution < 1.29 is 21.6 Å². The van der Waals surface area contributed by atoms with Crippen LogP contribution in [0.4, 0.5) is 11.4 Å². The number of sulfonamides is 2. The van der Waals surface area contributed by atoms with Crippen molar-refractivity contribution in [1.82, 2.24) is 4.31 Å². The molecule has 0 unspecified atom stereocenters. The first-order chi connectivity index (χ1) is 16.2. The second-order valence-electron chi connectivity index (χ2n) is 7.70. The highest BCUT2D eigenvalue weighted by atomic mass is 35.5. The Kier molecular flexibility index (Phi) is 6.94. The Morgan fingerprint density at radius 3 is 2.06 bits per heavy atom. The van der Waals surface area contributed by atoms with Gasteiger partial charge in [0.1, 0.15) is 0 Å². The predicted molar refractivity (Wildman–Crippen MR) is 131 cm³/mol. The van der Waals surface area contributed by atoms with Crippen molar-refractivity contribution in [2.75, 3.05) is 23.1 Å². The van der Waals surface area contributed by atoms with Gasteiger partial charge in [0.05, 0.1) is 20.4 Å². The molecule has 3 aromatic rings. The number of benzene rings is 3. The zero-order chi connectivity index (χ0) is 24.3. The summed E-state index contributed by atoms with van der Waals surface area (Å²) >= 11 is 6.18. The molecule has 1 saturated heterocycles. The molecule has 0 atom stereocenters. The number of hydrogen-bond acceptors (Lipinski definition) is 5. The van der Waals surface area contributed by atoms with E-state index in [1.165, 1.54) is 58.9 Å². The van der Waals surface area contributed by atoms with Crippen LogP contribution in [0.2, 0.25) is 5.02 Å². The number of nitrogens with zero attached hydrogens (tertiary/aromatic N) is 1. The van der Waals surface area contributed by atoms with Crippen LogP contribution in [0.1, 0.15) is 23.2 Å². The maximum atomic E-state index is 12.8. The quantitative estimate of drug-likeness (QED) is 0.486. The first-order valence-electron chi connectivity index (χ1n) is 10.5. The fraction of sp³-hybridized carbons (Fsp3) is 0.174. The molecule has 0 spiro atoms. The highest BCUT2D eigenvalue weighted by Crippen LogP contribution is 2.25. The first-order valence-corrected chi connectivity index (χ1v) is 13.8. The van der Waals surface area contributed by atoms with Crippen LogP contribution in [0.15, 0.2) is 82.6 Å². The van der Waals surface area contributed by atoms with E-state index in [0.29, 0.717) is 18.8 Å². The van der Waals surface area contributed by atoms with E-state index in [1.54, 1.807) is 18.2 Å². The van der Waals surface area contributed by atoms with Gasteiger partial charge in [-0.3, -0.25) is 9.52 Å². The Balaban J connectivity index is 1.50. The molecule has 0 saturated carbocycles. The van der Waals surface area contributed by atoms with Crippen LogP contribution in [0.5, 0.6) is 0 Å². The summed E-state index contributed by atoms with van der Waals surface area (Å²) in [5.41, 5.74) is 0.603. The van der Waals surface area contributed by atoms with Gasteiger partial charge in [-0.1, -0.05) is 29.8 Å². The largest absolute Gasteiger partial charge is 0.322 e.